The third kappa shape index (κ3) is 2.28. The van der Waals surface area contributed by atoms with Gasteiger partial charge in [-0.15, -0.1) is 0 Å². The lowest BCUT2D eigenvalue weighted by atomic mass is 10.1. The van der Waals surface area contributed by atoms with E-state index < -0.39 is 0 Å². The first kappa shape index (κ1) is 13.1. The van der Waals surface area contributed by atoms with Crippen LogP contribution in [0, 0.1) is 0 Å². The molecule has 0 N–H and O–H groups in total. The van der Waals surface area contributed by atoms with Gasteiger partial charge >= 0.3 is 0 Å². The maximum atomic E-state index is 11.1. The molecule has 0 saturated carbocycles. The van der Waals surface area contributed by atoms with Crippen molar-refractivity contribution in [3.05, 3.63) is 40.0 Å². The van der Waals surface area contributed by atoms with E-state index in [9.17, 15) is 4.79 Å². The van der Waals surface area contributed by atoms with Crippen molar-refractivity contribution in [1.82, 2.24) is 9.78 Å². The predicted octanol–water partition coefficient (Wildman–Crippen LogP) is 4.25. The van der Waals surface area contributed by atoms with Gasteiger partial charge in [0.15, 0.2) is 6.29 Å². The minimum Gasteiger partial charge on any atom is -0.298 e. The smallest absolute Gasteiger partial charge is 0.153 e. The fourth-order valence-electron chi connectivity index (χ4n) is 1.65. The van der Waals surface area contributed by atoms with Crippen molar-refractivity contribution in [3.8, 4) is 11.3 Å². The number of hydrogen-bond donors (Lipinski definition) is 0. The fraction of sp³-hybridized carbons (Fsp3) is 0.231. The Hall–Kier alpha value is -1.32. The summed E-state index contributed by atoms with van der Waals surface area (Å²) in [6.45, 7) is 3.98. The summed E-state index contributed by atoms with van der Waals surface area (Å²) in [5, 5.41) is 5.26. The number of hydrogen-bond acceptors (Lipinski definition) is 2. The fourth-order valence-corrected chi connectivity index (χ4v) is 2.04. The number of aromatic nitrogens is 2. The number of aldehydes is 1. The number of halogens is 2. The van der Waals surface area contributed by atoms with Crippen LogP contribution in [0.3, 0.4) is 0 Å². The molecule has 1 heterocycles. The van der Waals surface area contributed by atoms with Gasteiger partial charge in [0.1, 0.15) is 5.69 Å². The Morgan fingerprint density at radius 2 is 2.06 bits per heavy atom. The number of carbonyl (C=O) groups is 1. The highest BCUT2D eigenvalue weighted by molar-refractivity contribution is 6.43. The molecule has 0 amide bonds. The molecular weight excluding hydrogens is 271 g/mol. The monoisotopic (exact) mass is 282 g/mol. The summed E-state index contributed by atoms with van der Waals surface area (Å²) in [7, 11) is 0. The molecule has 5 heteroatoms. The highest BCUT2D eigenvalue weighted by atomic mass is 35.5. The summed E-state index contributed by atoms with van der Waals surface area (Å²) in [6.07, 6.45) is 2.49. The molecule has 0 aliphatic rings. The molecule has 0 bridgehead atoms. The van der Waals surface area contributed by atoms with E-state index in [0.717, 1.165) is 6.29 Å². The summed E-state index contributed by atoms with van der Waals surface area (Å²) in [5.74, 6) is 0. The molecule has 0 unspecified atom stereocenters. The Bertz CT molecular complexity index is 591. The molecule has 3 nitrogen and oxygen atoms in total. The third-order valence-electron chi connectivity index (χ3n) is 2.62. The zero-order chi connectivity index (χ0) is 13.3. The van der Waals surface area contributed by atoms with Crippen LogP contribution < -0.4 is 0 Å². The lowest BCUT2D eigenvalue weighted by molar-refractivity contribution is 0.112. The van der Waals surface area contributed by atoms with Crippen LogP contribution in [0.1, 0.15) is 30.2 Å². The van der Waals surface area contributed by atoms with Crippen molar-refractivity contribution in [2.45, 2.75) is 19.9 Å². The highest BCUT2D eigenvalue weighted by Gasteiger charge is 2.15. The van der Waals surface area contributed by atoms with E-state index >= 15 is 0 Å². The molecule has 1 aromatic heterocycles. The zero-order valence-electron chi connectivity index (χ0n) is 10.0. The van der Waals surface area contributed by atoms with Crippen molar-refractivity contribution >= 4 is 29.5 Å². The van der Waals surface area contributed by atoms with Gasteiger partial charge in [-0.25, -0.2) is 0 Å². The third-order valence-corrected chi connectivity index (χ3v) is 3.44. The van der Waals surface area contributed by atoms with Crippen LogP contribution in [0.2, 0.25) is 10.0 Å². The van der Waals surface area contributed by atoms with Crippen molar-refractivity contribution in [1.29, 1.82) is 0 Å². The summed E-state index contributed by atoms with van der Waals surface area (Å²) in [6, 6.07) is 5.46. The molecule has 0 fully saturated rings. The summed E-state index contributed by atoms with van der Waals surface area (Å²) >= 11 is 12.1. The molecule has 94 valence electrons. The van der Waals surface area contributed by atoms with Gasteiger partial charge in [-0.2, -0.15) is 5.10 Å². The molecule has 0 aliphatic heterocycles. The Morgan fingerprint density at radius 3 is 2.67 bits per heavy atom. The minimum atomic E-state index is 0.176. The van der Waals surface area contributed by atoms with Gasteiger partial charge in [0.25, 0.3) is 0 Å². The minimum absolute atomic E-state index is 0.176. The van der Waals surface area contributed by atoms with Crippen molar-refractivity contribution < 1.29 is 4.79 Å². The number of benzene rings is 1. The average Bonchev–Trinajstić information content (AvgIpc) is 2.76. The number of nitrogens with zero attached hydrogens (tertiary/aromatic N) is 2. The van der Waals surface area contributed by atoms with Gasteiger partial charge < -0.3 is 0 Å². The standard InChI is InChI=1S/C13H12Cl2N2O/c1-8(2)17-6-9(7-18)13(16-17)10-4-3-5-11(14)12(10)15/h3-8H,1-2H3. The molecule has 2 aromatic rings. The Balaban J connectivity index is 2.63. The summed E-state index contributed by atoms with van der Waals surface area (Å²) in [5.41, 5.74) is 1.74. The lowest BCUT2D eigenvalue weighted by Crippen LogP contribution is -2.00. The van der Waals surface area contributed by atoms with E-state index in [-0.39, 0.29) is 6.04 Å². The maximum absolute atomic E-state index is 11.1. The van der Waals surface area contributed by atoms with Gasteiger partial charge in [0, 0.05) is 17.8 Å². The Labute approximate surface area is 115 Å². The molecule has 0 atom stereocenters. The van der Waals surface area contributed by atoms with Crippen molar-refractivity contribution in [2.24, 2.45) is 0 Å². The van der Waals surface area contributed by atoms with Gasteiger partial charge in [-0.3, -0.25) is 9.48 Å². The quantitative estimate of drug-likeness (QED) is 0.789. The second-order valence-electron chi connectivity index (χ2n) is 4.23. The van der Waals surface area contributed by atoms with Crippen LogP contribution in [0.4, 0.5) is 0 Å². The highest BCUT2D eigenvalue weighted by Crippen LogP contribution is 2.34. The van der Waals surface area contributed by atoms with E-state index in [0.29, 0.717) is 26.9 Å². The van der Waals surface area contributed by atoms with Gasteiger partial charge in [0.05, 0.1) is 15.6 Å². The van der Waals surface area contributed by atoms with E-state index in [1.807, 2.05) is 13.8 Å². The van der Waals surface area contributed by atoms with Crippen LogP contribution in [-0.2, 0) is 0 Å². The molecule has 0 spiro atoms. The molecule has 2 rings (SSSR count). The van der Waals surface area contributed by atoms with E-state index in [2.05, 4.69) is 5.10 Å². The predicted molar refractivity (Wildman–Crippen MR) is 73.5 cm³/mol. The number of rotatable bonds is 3. The molecule has 1 aromatic carbocycles. The van der Waals surface area contributed by atoms with Crippen molar-refractivity contribution in [2.75, 3.05) is 0 Å². The van der Waals surface area contributed by atoms with Crippen LogP contribution in [0.25, 0.3) is 11.3 Å². The first-order chi connectivity index (χ1) is 8.54. The van der Waals surface area contributed by atoms with Gasteiger partial charge in [-0.1, -0.05) is 35.3 Å². The van der Waals surface area contributed by atoms with E-state index in [4.69, 9.17) is 23.2 Å². The molecule has 18 heavy (non-hydrogen) atoms. The van der Waals surface area contributed by atoms with Crippen molar-refractivity contribution in [3.63, 3.8) is 0 Å². The first-order valence-corrected chi connectivity index (χ1v) is 6.29. The van der Waals surface area contributed by atoms with Gasteiger partial charge in [-0.05, 0) is 19.9 Å². The van der Waals surface area contributed by atoms with Gasteiger partial charge in [0.2, 0.25) is 0 Å². The SMILES string of the molecule is CC(C)n1cc(C=O)c(-c2cccc(Cl)c2Cl)n1. The van der Waals surface area contributed by atoms with E-state index in [1.165, 1.54) is 0 Å². The topological polar surface area (TPSA) is 34.9 Å². The van der Waals surface area contributed by atoms with Crippen LogP contribution >= 0.6 is 23.2 Å². The molecule has 0 radical (unpaired) electrons. The van der Waals surface area contributed by atoms with Crippen LogP contribution in [0.15, 0.2) is 24.4 Å². The van der Waals surface area contributed by atoms with Crippen LogP contribution in [0.5, 0.6) is 0 Å². The Morgan fingerprint density at radius 1 is 1.33 bits per heavy atom. The molecule has 0 saturated heterocycles. The first-order valence-electron chi connectivity index (χ1n) is 5.53. The largest absolute Gasteiger partial charge is 0.298 e. The second kappa shape index (κ2) is 5.12. The maximum Gasteiger partial charge on any atom is 0.153 e. The summed E-state index contributed by atoms with van der Waals surface area (Å²) < 4.78 is 1.73. The second-order valence-corrected chi connectivity index (χ2v) is 5.01. The molecule has 0 aliphatic carbocycles. The zero-order valence-corrected chi connectivity index (χ0v) is 11.5. The summed E-state index contributed by atoms with van der Waals surface area (Å²) in [4.78, 5) is 11.1. The Kier molecular flexibility index (Phi) is 3.73. The molecular formula is C13H12Cl2N2O. The lowest BCUT2D eigenvalue weighted by Gasteiger charge is -2.05. The average molecular weight is 283 g/mol. The van der Waals surface area contributed by atoms with E-state index in [1.54, 1.807) is 29.1 Å². The van der Waals surface area contributed by atoms with Crippen LogP contribution in [-0.4, -0.2) is 16.1 Å². The normalized spacial score (nSPS) is 10.9. The number of carbonyl (C=O) groups excluding carboxylic acids is 1.